The van der Waals surface area contributed by atoms with Gasteiger partial charge in [-0.1, -0.05) is 12.1 Å². The van der Waals surface area contributed by atoms with Gasteiger partial charge in [-0.2, -0.15) is 5.21 Å². The highest BCUT2D eigenvalue weighted by molar-refractivity contribution is 5.95. The molecule has 2 N–H and O–H groups in total. The molecular weight excluding hydrogens is 444 g/mol. The van der Waals surface area contributed by atoms with Gasteiger partial charge >= 0.3 is 0 Å². The second kappa shape index (κ2) is 11.3. The first kappa shape index (κ1) is 24.7. The van der Waals surface area contributed by atoms with Crippen LogP contribution in [0.25, 0.3) is 11.4 Å². The summed E-state index contributed by atoms with van der Waals surface area (Å²) in [6, 6.07) is 13.6. The second-order valence-corrected chi connectivity index (χ2v) is 9.49. The van der Waals surface area contributed by atoms with E-state index in [1.54, 1.807) is 12.1 Å². The summed E-state index contributed by atoms with van der Waals surface area (Å²) in [6.45, 7) is 10.7. The van der Waals surface area contributed by atoms with Crippen LogP contribution < -0.4 is 14.8 Å². The molecule has 1 aliphatic heterocycles. The fourth-order valence-electron chi connectivity index (χ4n) is 4.25. The Morgan fingerprint density at radius 1 is 1.06 bits per heavy atom. The molecule has 0 bridgehead atoms. The third-order valence-electron chi connectivity index (χ3n) is 5.74. The molecule has 1 fully saturated rings. The lowest BCUT2D eigenvalue weighted by molar-refractivity contribution is 0.0908. The Kier molecular flexibility index (Phi) is 7.97. The van der Waals surface area contributed by atoms with E-state index in [0.717, 1.165) is 49.5 Å². The number of rotatable bonds is 9. The Hall–Kier alpha value is -3.46. The highest BCUT2D eigenvalue weighted by atomic mass is 16.5. The first-order valence-electron chi connectivity index (χ1n) is 12.2. The van der Waals surface area contributed by atoms with Gasteiger partial charge in [-0.05, 0) is 75.6 Å². The van der Waals surface area contributed by atoms with Gasteiger partial charge in [-0.15, -0.1) is 10.2 Å². The molecule has 1 aromatic heterocycles. The van der Waals surface area contributed by atoms with E-state index >= 15 is 0 Å². The molecule has 0 atom stereocenters. The van der Waals surface area contributed by atoms with Crippen LogP contribution in [0.3, 0.4) is 0 Å². The number of piperidine rings is 1. The molecule has 35 heavy (non-hydrogen) atoms. The Bertz CT molecular complexity index is 1080. The summed E-state index contributed by atoms with van der Waals surface area (Å²) >= 11 is 0. The normalized spacial score (nSPS) is 14.9. The topological polar surface area (TPSA) is 105 Å². The maximum absolute atomic E-state index is 12.8. The minimum Gasteiger partial charge on any atom is -0.491 e. The van der Waals surface area contributed by atoms with E-state index < -0.39 is 0 Å². The van der Waals surface area contributed by atoms with E-state index in [9.17, 15) is 4.79 Å². The summed E-state index contributed by atoms with van der Waals surface area (Å²) in [5, 5.41) is 17.2. The van der Waals surface area contributed by atoms with Crippen molar-refractivity contribution in [3.8, 4) is 22.9 Å². The van der Waals surface area contributed by atoms with E-state index in [4.69, 9.17) is 9.47 Å². The quantitative estimate of drug-likeness (QED) is 0.481. The number of nitrogens with one attached hydrogen (secondary N) is 2. The Balaban J connectivity index is 1.33. The van der Waals surface area contributed by atoms with Crippen LogP contribution >= 0.6 is 0 Å². The SMILES string of the molecule is CC(C)Oc1cc(CN2CCC(NC(=O)c3cccc(-c4nn[nH]n4)c3)CC2)cc(OC(C)C)c1. The van der Waals surface area contributed by atoms with Gasteiger partial charge < -0.3 is 14.8 Å². The molecular formula is C26H34N6O3. The molecule has 1 aliphatic rings. The number of ether oxygens (including phenoxy) is 2. The predicted octanol–water partition coefficient (Wildman–Crippen LogP) is 3.84. The van der Waals surface area contributed by atoms with Crippen molar-refractivity contribution in [1.82, 2.24) is 30.8 Å². The van der Waals surface area contributed by atoms with E-state index in [2.05, 4.69) is 43.0 Å². The van der Waals surface area contributed by atoms with E-state index in [1.807, 2.05) is 45.9 Å². The molecule has 0 aliphatic carbocycles. The van der Waals surface area contributed by atoms with Crippen molar-refractivity contribution in [2.45, 2.75) is 65.3 Å². The van der Waals surface area contributed by atoms with Crippen molar-refractivity contribution in [3.05, 3.63) is 53.6 Å². The Labute approximate surface area is 206 Å². The fourth-order valence-corrected chi connectivity index (χ4v) is 4.25. The summed E-state index contributed by atoms with van der Waals surface area (Å²) in [7, 11) is 0. The molecule has 3 aromatic rings. The van der Waals surface area contributed by atoms with E-state index in [1.165, 1.54) is 5.56 Å². The zero-order chi connectivity index (χ0) is 24.8. The number of nitrogens with zero attached hydrogens (tertiary/aromatic N) is 4. The number of benzene rings is 2. The van der Waals surface area contributed by atoms with Crippen LogP contribution in [0.2, 0.25) is 0 Å². The Morgan fingerprint density at radius 3 is 2.34 bits per heavy atom. The number of hydrogen-bond acceptors (Lipinski definition) is 7. The van der Waals surface area contributed by atoms with Gasteiger partial charge in [0.05, 0.1) is 12.2 Å². The monoisotopic (exact) mass is 478 g/mol. The van der Waals surface area contributed by atoms with Gasteiger partial charge in [-0.3, -0.25) is 9.69 Å². The summed E-state index contributed by atoms with van der Waals surface area (Å²) in [5.41, 5.74) is 2.51. The van der Waals surface area contributed by atoms with Crippen LogP contribution in [0.4, 0.5) is 0 Å². The zero-order valence-electron chi connectivity index (χ0n) is 20.8. The van der Waals surface area contributed by atoms with Crippen LogP contribution in [-0.4, -0.2) is 62.8 Å². The smallest absolute Gasteiger partial charge is 0.251 e. The van der Waals surface area contributed by atoms with Gasteiger partial charge in [0.25, 0.3) is 5.91 Å². The summed E-state index contributed by atoms with van der Waals surface area (Å²) in [6.07, 6.45) is 2.00. The van der Waals surface area contributed by atoms with Crippen molar-refractivity contribution < 1.29 is 14.3 Å². The number of tetrazole rings is 1. The third-order valence-corrected chi connectivity index (χ3v) is 5.74. The van der Waals surface area contributed by atoms with Gasteiger partial charge in [0.1, 0.15) is 11.5 Å². The van der Waals surface area contributed by atoms with Crippen LogP contribution in [0.5, 0.6) is 11.5 Å². The molecule has 0 unspecified atom stereocenters. The van der Waals surface area contributed by atoms with Gasteiger partial charge in [0.2, 0.25) is 5.82 Å². The molecule has 0 radical (unpaired) electrons. The number of hydrogen-bond donors (Lipinski definition) is 2. The molecule has 9 nitrogen and oxygen atoms in total. The number of H-pyrrole nitrogens is 1. The first-order valence-corrected chi connectivity index (χ1v) is 12.2. The third kappa shape index (κ3) is 7.02. The molecule has 2 aromatic carbocycles. The summed E-state index contributed by atoms with van der Waals surface area (Å²) < 4.78 is 11.9. The zero-order valence-corrected chi connectivity index (χ0v) is 20.8. The van der Waals surface area contributed by atoms with Crippen LogP contribution in [0.1, 0.15) is 56.5 Å². The molecule has 0 saturated carbocycles. The second-order valence-electron chi connectivity index (χ2n) is 9.49. The number of carbonyl (C=O) groups is 1. The van der Waals surface area contributed by atoms with Gasteiger partial charge in [0.15, 0.2) is 0 Å². The predicted molar refractivity (Wildman–Crippen MR) is 133 cm³/mol. The van der Waals surface area contributed by atoms with Crippen molar-refractivity contribution in [2.24, 2.45) is 0 Å². The van der Waals surface area contributed by atoms with E-state index in [0.29, 0.717) is 11.4 Å². The average Bonchev–Trinajstić information content (AvgIpc) is 3.34. The molecule has 186 valence electrons. The number of aromatic nitrogens is 4. The molecule has 0 spiro atoms. The highest BCUT2D eigenvalue weighted by Gasteiger charge is 2.22. The van der Waals surface area contributed by atoms with Crippen molar-refractivity contribution in [1.29, 1.82) is 0 Å². The maximum atomic E-state index is 12.8. The van der Waals surface area contributed by atoms with Crippen LogP contribution in [0, 0.1) is 0 Å². The van der Waals surface area contributed by atoms with Crippen LogP contribution in [0.15, 0.2) is 42.5 Å². The van der Waals surface area contributed by atoms with Crippen molar-refractivity contribution in [2.75, 3.05) is 13.1 Å². The van der Waals surface area contributed by atoms with Crippen LogP contribution in [-0.2, 0) is 6.54 Å². The molecule has 1 amide bonds. The Morgan fingerprint density at radius 2 is 1.74 bits per heavy atom. The standard InChI is InChI=1S/C26H34N6O3/c1-17(2)34-23-12-19(13-24(15-23)35-18(3)4)16-32-10-8-22(9-11-32)27-26(33)21-7-5-6-20(14-21)25-28-30-31-29-25/h5-7,12-15,17-18,22H,8-11,16H2,1-4H3,(H,27,33)(H,28,29,30,31). The largest absolute Gasteiger partial charge is 0.491 e. The number of carbonyl (C=O) groups excluding carboxylic acids is 1. The summed E-state index contributed by atoms with van der Waals surface area (Å²) in [5.74, 6) is 2.05. The van der Waals surface area contributed by atoms with Gasteiger partial charge in [0, 0.05) is 42.9 Å². The molecule has 4 rings (SSSR count). The number of amides is 1. The van der Waals surface area contributed by atoms with Crippen molar-refractivity contribution >= 4 is 5.91 Å². The molecule has 9 heteroatoms. The fraction of sp³-hybridized carbons (Fsp3) is 0.462. The minimum absolute atomic E-state index is 0.0807. The van der Waals surface area contributed by atoms with Gasteiger partial charge in [-0.25, -0.2) is 0 Å². The highest BCUT2D eigenvalue weighted by Crippen LogP contribution is 2.26. The lowest BCUT2D eigenvalue weighted by Crippen LogP contribution is -2.44. The lowest BCUT2D eigenvalue weighted by Gasteiger charge is -2.32. The minimum atomic E-state index is -0.0807. The number of likely N-dealkylation sites (tertiary alicyclic amines) is 1. The molecule has 2 heterocycles. The maximum Gasteiger partial charge on any atom is 0.251 e. The first-order chi connectivity index (χ1) is 16.9. The van der Waals surface area contributed by atoms with E-state index in [-0.39, 0.29) is 24.2 Å². The average molecular weight is 479 g/mol. The number of aromatic amines is 1. The lowest BCUT2D eigenvalue weighted by atomic mass is 10.0. The molecule has 1 saturated heterocycles. The van der Waals surface area contributed by atoms with Crippen molar-refractivity contribution in [3.63, 3.8) is 0 Å². The summed E-state index contributed by atoms with van der Waals surface area (Å²) in [4.78, 5) is 15.3.